The Bertz CT molecular complexity index is 985. The number of halogens is 3. The third-order valence-electron chi connectivity index (χ3n) is 3.26. The standard InChI is InChI=1S/C16H9BrF2N2O3/c17-11-6-9(19)5-10-12(14(15(20)22)24-13(10)11)21-16(23)7-2-1-3-8(18)4-7/h1-6H,(H2,20,22)(H,21,23). The zero-order valence-electron chi connectivity index (χ0n) is 11.9. The van der Waals surface area contributed by atoms with Crippen LogP contribution in [0.25, 0.3) is 11.0 Å². The summed E-state index contributed by atoms with van der Waals surface area (Å²) in [6.45, 7) is 0. The van der Waals surface area contributed by atoms with Crippen LogP contribution in [0.4, 0.5) is 14.5 Å². The smallest absolute Gasteiger partial charge is 0.286 e. The van der Waals surface area contributed by atoms with Gasteiger partial charge in [-0.05, 0) is 46.3 Å². The molecule has 3 rings (SSSR count). The molecular formula is C16H9BrF2N2O3. The van der Waals surface area contributed by atoms with Crippen molar-refractivity contribution in [2.75, 3.05) is 5.32 Å². The number of rotatable bonds is 3. The first-order valence-corrected chi connectivity index (χ1v) is 7.44. The molecule has 1 aromatic heterocycles. The largest absolute Gasteiger partial charge is 0.447 e. The van der Waals surface area contributed by atoms with E-state index in [1.807, 2.05) is 0 Å². The molecule has 122 valence electrons. The van der Waals surface area contributed by atoms with Gasteiger partial charge in [0.05, 0.1) is 4.47 Å². The van der Waals surface area contributed by atoms with E-state index in [0.717, 1.165) is 18.2 Å². The van der Waals surface area contributed by atoms with E-state index >= 15 is 0 Å². The SMILES string of the molecule is NC(=O)c1oc2c(Br)cc(F)cc2c1NC(=O)c1cccc(F)c1. The van der Waals surface area contributed by atoms with Crippen LogP contribution in [0.3, 0.4) is 0 Å². The third-order valence-corrected chi connectivity index (χ3v) is 3.85. The molecule has 0 unspecified atom stereocenters. The average molecular weight is 395 g/mol. The van der Waals surface area contributed by atoms with Crippen LogP contribution < -0.4 is 11.1 Å². The van der Waals surface area contributed by atoms with Gasteiger partial charge in [0.25, 0.3) is 11.8 Å². The molecule has 3 aromatic rings. The van der Waals surface area contributed by atoms with Crippen molar-refractivity contribution in [2.45, 2.75) is 0 Å². The predicted molar refractivity (Wildman–Crippen MR) is 86.7 cm³/mol. The maximum atomic E-state index is 13.7. The van der Waals surface area contributed by atoms with Crippen LogP contribution in [0.2, 0.25) is 0 Å². The van der Waals surface area contributed by atoms with Crippen molar-refractivity contribution in [1.29, 1.82) is 0 Å². The number of anilines is 1. The Balaban J connectivity index is 2.12. The fraction of sp³-hybridized carbons (Fsp3) is 0. The summed E-state index contributed by atoms with van der Waals surface area (Å²) in [5, 5.41) is 2.58. The Morgan fingerprint density at radius 2 is 1.88 bits per heavy atom. The van der Waals surface area contributed by atoms with Gasteiger partial charge >= 0.3 is 0 Å². The van der Waals surface area contributed by atoms with E-state index in [9.17, 15) is 18.4 Å². The highest BCUT2D eigenvalue weighted by Crippen LogP contribution is 2.36. The fourth-order valence-electron chi connectivity index (χ4n) is 2.24. The molecule has 3 N–H and O–H groups in total. The zero-order valence-corrected chi connectivity index (χ0v) is 13.5. The van der Waals surface area contributed by atoms with Gasteiger partial charge in [0.1, 0.15) is 17.3 Å². The highest BCUT2D eigenvalue weighted by atomic mass is 79.9. The molecule has 0 saturated heterocycles. The Hall–Kier alpha value is -2.74. The number of furan rings is 1. The van der Waals surface area contributed by atoms with Crippen LogP contribution in [0.5, 0.6) is 0 Å². The van der Waals surface area contributed by atoms with Crippen LogP contribution in [0, 0.1) is 11.6 Å². The molecule has 0 aliphatic carbocycles. The quantitative estimate of drug-likeness (QED) is 0.707. The van der Waals surface area contributed by atoms with E-state index in [4.69, 9.17) is 10.2 Å². The number of primary amides is 1. The topological polar surface area (TPSA) is 85.3 Å². The molecule has 24 heavy (non-hydrogen) atoms. The van der Waals surface area contributed by atoms with E-state index in [-0.39, 0.29) is 32.5 Å². The summed E-state index contributed by atoms with van der Waals surface area (Å²) in [5.74, 6) is -3.16. The molecule has 2 aromatic carbocycles. The number of amides is 2. The van der Waals surface area contributed by atoms with E-state index in [1.165, 1.54) is 18.2 Å². The summed E-state index contributed by atoms with van der Waals surface area (Å²) in [4.78, 5) is 23.8. The van der Waals surface area contributed by atoms with Gasteiger partial charge in [-0.2, -0.15) is 0 Å². The van der Waals surface area contributed by atoms with Crippen molar-refractivity contribution >= 4 is 44.4 Å². The molecule has 5 nitrogen and oxygen atoms in total. The number of hydrogen-bond donors (Lipinski definition) is 2. The monoisotopic (exact) mass is 394 g/mol. The van der Waals surface area contributed by atoms with E-state index in [2.05, 4.69) is 21.2 Å². The maximum absolute atomic E-state index is 13.7. The second-order valence-corrected chi connectivity index (χ2v) is 5.75. The summed E-state index contributed by atoms with van der Waals surface area (Å²) in [7, 11) is 0. The van der Waals surface area contributed by atoms with Gasteiger partial charge in [-0.25, -0.2) is 8.78 Å². The van der Waals surface area contributed by atoms with Crippen LogP contribution in [-0.2, 0) is 0 Å². The summed E-state index contributed by atoms with van der Waals surface area (Å²) in [5.41, 5.74) is 5.35. The lowest BCUT2D eigenvalue weighted by molar-refractivity contribution is 0.0977. The summed E-state index contributed by atoms with van der Waals surface area (Å²) >= 11 is 3.12. The Kier molecular flexibility index (Phi) is 4.06. The van der Waals surface area contributed by atoms with Crippen molar-refractivity contribution in [1.82, 2.24) is 0 Å². The number of benzene rings is 2. The first-order chi connectivity index (χ1) is 11.4. The van der Waals surface area contributed by atoms with Crippen LogP contribution >= 0.6 is 15.9 Å². The van der Waals surface area contributed by atoms with E-state index in [0.29, 0.717) is 0 Å². The third kappa shape index (κ3) is 2.88. The number of carbonyl (C=O) groups is 2. The second-order valence-electron chi connectivity index (χ2n) is 4.90. The minimum atomic E-state index is -0.937. The van der Waals surface area contributed by atoms with E-state index < -0.39 is 23.4 Å². The van der Waals surface area contributed by atoms with Crippen LogP contribution in [0.1, 0.15) is 20.9 Å². The predicted octanol–water partition coefficient (Wildman–Crippen LogP) is 3.82. The molecule has 2 amide bonds. The molecule has 0 aliphatic rings. The Morgan fingerprint density at radius 3 is 2.54 bits per heavy atom. The van der Waals surface area contributed by atoms with Crippen molar-refractivity contribution in [3.05, 3.63) is 63.8 Å². The maximum Gasteiger partial charge on any atom is 0.286 e. The lowest BCUT2D eigenvalue weighted by Gasteiger charge is -2.05. The number of nitrogens with two attached hydrogens (primary N) is 1. The number of hydrogen-bond acceptors (Lipinski definition) is 3. The van der Waals surface area contributed by atoms with Crippen LogP contribution in [-0.4, -0.2) is 11.8 Å². The molecular weight excluding hydrogens is 386 g/mol. The Labute approximate surface area is 142 Å². The molecule has 0 fully saturated rings. The second kappa shape index (κ2) is 6.04. The molecule has 0 saturated carbocycles. The van der Waals surface area contributed by atoms with Gasteiger partial charge in [0.15, 0.2) is 5.58 Å². The lowest BCUT2D eigenvalue weighted by Crippen LogP contribution is -2.17. The number of fused-ring (bicyclic) bond motifs is 1. The van der Waals surface area contributed by atoms with Crippen molar-refractivity contribution < 1.29 is 22.8 Å². The normalized spacial score (nSPS) is 10.8. The van der Waals surface area contributed by atoms with E-state index in [1.54, 1.807) is 0 Å². The highest BCUT2D eigenvalue weighted by Gasteiger charge is 2.23. The first-order valence-electron chi connectivity index (χ1n) is 6.65. The van der Waals surface area contributed by atoms with Gasteiger partial charge in [-0.1, -0.05) is 6.07 Å². The van der Waals surface area contributed by atoms with Crippen molar-refractivity contribution in [3.8, 4) is 0 Å². The van der Waals surface area contributed by atoms with Crippen molar-refractivity contribution in [3.63, 3.8) is 0 Å². The fourth-order valence-corrected chi connectivity index (χ4v) is 2.75. The number of nitrogens with one attached hydrogen (secondary N) is 1. The molecule has 0 spiro atoms. The minimum Gasteiger partial charge on any atom is -0.447 e. The molecule has 1 heterocycles. The zero-order chi connectivity index (χ0) is 17.4. The average Bonchev–Trinajstić information content (AvgIpc) is 2.86. The molecule has 0 radical (unpaired) electrons. The molecule has 8 heteroatoms. The number of carbonyl (C=O) groups excluding carboxylic acids is 2. The first kappa shape index (κ1) is 16.1. The van der Waals surface area contributed by atoms with Gasteiger partial charge in [-0.3, -0.25) is 9.59 Å². The highest BCUT2D eigenvalue weighted by molar-refractivity contribution is 9.10. The summed E-state index contributed by atoms with van der Waals surface area (Å²) < 4.78 is 32.5. The van der Waals surface area contributed by atoms with Crippen LogP contribution in [0.15, 0.2) is 45.3 Å². The lowest BCUT2D eigenvalue weighted by atomic mass is 10.1. The van der Waals surface area contributed by atoms with Gasteiger partial charge < -0.3 is 15.5 Å². The van der Waals surface area contributed by atoms with Gasteiger partial charge in [0.2, 0.25) is 5.76 Å². The summed E-state index contributed by atoms with van der Waals surface area (Å²) in [6.07, 6.45) is 0. The summed E-state index contributed by atoms with van der Waals surface area (Å²) in [6, 6.07) is 7.21. The molecule has 0 bridgehead atoms. The molecule has 0 atom stereocenters. The van der Waals surface area contributed by atoms with Crippen molar-refractivity contribution in [2.24, 2.45) is 5.73 Å². The minimum absolute atomic E-state index is 0.0234. The molecule has 0 aliphatic heterocycles. The van der Waals surface area contributed by atoms with Gasteiger partial charge in [-0.15, -0.1) is 0 Å². The Morgan fingerprint density at radius 1 is 1.12 bits per heavy atom. The van der Waals surface area contributed by atoms with Gasteiger partial charge in [0, 0.05) is 10.9 Å².